The van der Waals surface area contributed by atoms with Crippen LogP contribution in [-0.4, -0.2) is 80.5 Å². The lowest BCUT2D eigenvalue weighted by Gasteiger charge is -2.28. The summed E-state index contributed by atoms with van der Waals surface area (Å²) in [4.78, 5) is 45.2. The number of carbonyl (C=O) groups excluding carboxylic acids is 3. The van der Waals surface area contributed by atoms with E-state index in [0.29, 0.717) is 44.8 Å². The largest absolute Gasteiger partial charge is 0.356 e. The zero-order valence-corrected chi connectivity index (χ0v) is 21.9. The third-order valence-electron chi connectivity index (χ3n) is 6.90. The first-order valence-electron chi connectivity index (χ1n) is 13.5. The Bertz CT molecular complexity index is 1040. The van der Waals surface area contributed by atoms with Gasteiger partial charge >= 0.3 is 0 Å². The van der Waals surface area contributed by atoms with Gasteiger partial charge in [-0.3, -0.25) is 14.4 Å². The highest BCUT2D eigenvalue weighted by Gasteiger charge is 2.31. The molecule has 0 bridgehead atoms. The average molecular weight is 518 g/mol. The fourth-order valence-electron chi connectivity index (χ4n) is 4.79. The van der Waals surface area contributed by atoms with Crippen molar-refractivity contribution in [1.82, 2.24) is 10.2 Å². The van der Waals surface area contributed by atoms with E-state index in [0.717, 1.165) is 36.8 Å². The number of aromatic amines is 1. The fourth-order valence-corrected chi connectivity index (χ4v) is 4.79. The SMILES string of the molecule is [NH3+]CCN(CC[NH3+])C(=O)CC[C@H]([NH3+])C(=O)NC(C[NH+]1CCCCC1)C(=O)Nc1c[nH+]c2ccccc2c1. The Hall–Kier alpha value is -3.12. The third kappa shape index (κ3) is 8.74. The minimum Gasteiger partial charge on any atom is -0.356 e. The molecular formula is C26H45N8O3+5. The lowest BCUT2D eigenvalue weighted by Crippen LogP contribution is -3.14. The smallest absolute Gasteiger partial charge is 0.278 e. The Labute approximate surface area is 218 Å². The van der Waals surface area contributed by atoms with Gasteiger partial charge in [0, 0.05) is 24.3 Å². The molecule has 0 aliphatic carbocycles. The van der Waals surface area contributed by atoms with Gasteiger partial charge in [0.05, 0.1) is 39.3 Å². The number of hydrogen-bond donors (Lipinski definition) is 6. The van der Waals surface area contributed by atoms with E-state index in [1.54, 1.807) is 11.1 Å². The molecule has 1 aromatic heterocycles. The molecule has 202 valence electrons. The molecule has 3 rings (SSSR count). The van der Waals surface area contributed by atoms with Crippen molar-refractivity contribution in [3.05, 3.63) is 36.5 Å². The van der Waals surface area contributed by atoms with Crippen LogP contribution in [0.25, 0.3) is 10.9 Å². The maximum absolute atomic E-state index is 13.3. The van der Waals surface area contributed by atoms with Gasteiger partial charge in [0.25, 0.3) is 11.8 Å². The van der Waals surface area contributed by atoms with Gasteiger partial charge in [0.2, 0.25) is 11.4 Å². The van der Waals surface area contributed by atoms with Crippen LogP contribution in [0.1, 0.15) is 32.1 Å². The van der Waals surface area contributed by atoms with Gasteiger partial charge in [-0.1, -0.05) is 12.1 Å². The van der Waals surface area contributed by atoms with Gasteiger partial charge < -0.3 is 37.6 Å². The number of anilines is 1. The van der Waals surface area contributed by atoms with E-state index in [1.807, 2.05) is 30.3 Å². The highest BCUT2D eigenvalue weighted by Crippen LogP contribution is 2.13. The maximum atomic E-state index is 13.3. The number of H-pyrrole nitrogens is 1. The van der Waals surface area contributed by atoms with Crippen molar-refractivity contribution in [2.75, 3.05) is 51.1 Å². The van der Waals surface area contributed by atoms with E-state index in [-0.39, 0.29) is 24.1 Å². The van der Waals surface area contributed by atoms with E-state index in [4.69, 9.17) is 0 Å². The molecule has 11 heteroatoms. The van der Waals surface area contributed by atoms with Crippen LogP contribution < -0.4 is 37.7 Å². The molecule has 13 N–H and O–H groups in total. The molecule has 1 fully saturated rings. The van der Waals surface area contributed by atoms with Crippen LogP contribution in [0.5, 0.6) is 0 Å². The van der Waals surface area contributed by atoms with Crippen LogP contribution in [0.3, 0.4) is 0 Å². The molecule has 1 saturated heterocycles. The number of pyridine rings is 1. The number of carbonyl (C=O) groups is 3. The molecule has 2 atom stereocenters. The lowest BCUT2D eigenvalue weighted by molar-refractivity contribution is -0.905. The van der Waals surface area contributed by atoms with Gasteiger partial charge in [-0.05, 0) is 31.4 Å². The summed E-state index contributed by atoms with van der Waals surface area (Å²) in [5, 5.41) is 6.89. The van der Waals surface area contributed by atoms with Crippen molar-refractivity contribution < 1.29 is 41.5 Å². The molecule has 37 heavy (non-hydrogen) atoms. The van der Waals surface area contributed by atoms with E-state index in [1.165, 1.54) is 11.3 Å². The second-order valence-corrected chi connectivity index (χ2v) is 9.86. The first-order chi connectivity index (χ1) is 17.9. The number of nitrogens with zero attached hydrogens (tertiary/aromatic N) is 1. The highest BCUT2D eigenvalue weighted by atomic mass is 16.2. The van der Waals surface area contributed by atoms with Crippen molar-refractivity contribution >= 4 is 34.3 Å². The summed E-state index contributed by atoms with van der Waals surface area (Å²) in [6.07, 6.45) is 5.74. The molecule has 3 amide bonds. The Balaban J connectivity index is 1.63. The summed E-state index contributed by atoms with van der Waals surface area (Å²) in [7, 11) is 0. The molecule has 0 radical (unpaired) electrons. The van der Waals surface area contributed by atoms with Crippen LogP contribution in [0, 0.1) is 0 Å². The molecule has 0 saturated carbocycles. The number of benzene rings is 1. The van der Waals surface area contributed by atoms with Crippen LogP contribution >= 0.6 is 0 Å². The number of aromatic nitrogens is 1. The van der Waals surface area contributed by atoms with Crippen molar-refractivity contribution in [2.45, 2.75) is 44.2 Å². The number of piperidine rings is 1. The predicted octanol–water partition coefficient (Wildman–Crippen LogP) is -4.15. The average Bonchev–Trinajstić information content (AvgIpc) is 2.91. The second kappa shape index (κ2) is 14.6. The van der Waals surface area contributed by atoms with E-state index >= 15 is 0 Å². The molecule has 11 nitrogen and oxygen atoms in total. The summed E-state index contributed by atoms with van der Waals surface area (Å²) < 4.78 is 0. The third-order valence-corrected chi connectivity index (χ3v) is 6.90. The molecule has 2 heterocycles. The Morgan fingerprint density at radius 2 is 1.73 bits per heavy atom. The van der Waals surface area contributed by atoms with E-state index in [9.17, 15) is 14.4 Å². The van der Waals surface area contributed by atoms with Gasteiger partial charge in [0.15, 0.2) is 18.3 Å². The topological polar surface area (TPSA) is 180 Å². The lowest BCUT2D eigenvalue weighted by atomic mass is 10.1. The van der Waals surface area contributed by atoms with Gasteiger partial charge in [-0.2, -0.15) is 0 Å². The van der Waals surface area contributed by atoms with Crippen LogP contribution in [0.15, 0.2) is 36.5 Å². The minimum absolute atomic E-state index is 0.0200. The molecule has 2 aromatic rings. The first-order valence-corrected chi connectivity index (χ1v) is 13.5. The molecular weight excluding hydrogens is 472 g/mol. The number of nitrogens with one attached hydrogen (secondary N) is 4. The Morgan fingerprint density at radius 1 is 1.03 bits per heavy atom. The van der Waals surface area contributed by atoms with E-state index < -0.39 is 12.1 Å². The van der Waals surface area contributed by atoms with Crippen LogP contribution in [-0.2, 0) is 14.4 Å². The van der Waals surface area contributed by atoms with E-state index in [2.05, 4.69) is 32.8 Å². The first kappa shape index (κ1) is 28.5. The normalized spacial score (nSPS) is 15.6. The Kier molecular flexibility index (Phi) is 11.2. The van der Waals surface area contributed by atoms with Crippen molar-refractivity contribution in [1.29, 1.82) is 0 Å². The molecule has 1 aliphatic rings. The number of quaternary nitrogens is 4. The van der Waals surface area contributed by atoms with Crippen molar-refractivity contribution in [3.8, 4) is 0 Å². The molecule has 1 aliphatic heterocycles. The molecule has 0 spiro atoms. The molecule has 1 unspecified atom stereocenters. The van der Waals surface area contributed by atoms with Crippen LogP contribution in [0.4, 0.5) is 5.69 Å². The number of amides is 3. The predicted molar refractivity (Wildman–Crippen MR) is 138 cm³/mol. The zero-order chi connectivity index (χ0) is 26.6. The molecule has 1 aromatic carbocycles. The van der Waals surface area contributed by atoms with Crippen LogP contribution in [0.2, 0.25) is 0 Å². The summed E-state index contributed by atoms with van der Waals surface area (Å²) in [6.45, 7) is 4.90. The second-order valence-electron chi connectivity index (χ2n) is 9.86. The number of hydrogen-bond acceptors (Lipinski definition) is 3. The summed E-state index contributed by atoms with van der Waals surface area (Å²) in [6, 6.07) is 8.43. The minimum atomic E-state index is -0.694. The summed E-state index contributed by atoms with van der Waals surface area (Å²) >= 11 is 0. The van der Waals surface area contributed by atoms with Gasteiger partial charge in [-0.15, -0.1) is 0 Å². The standard InChI is InChI=1S/C26H40N8O3/c27-10-14-34(15-11-28)24(35)9-8-21(29)25(36)32-23(18-33-12-4-1-5-13-33)26(37)31-20-16-19-6-2-3-7-22(19)30-17-20/h2-3,6-7,16-17,21,23H,1,4-5,8-15,18,27-29H2,(H,31,37)(H,32,36)/p+5/t21-,23?/m0/s1. The summed E-state index contributed by atoms with van der Waals surface area (Å²) in [5.41, 5.74) is 13.2. The Morgan fingerprint density at radius 3 is 2.43 bits per heavy atom. The zero-order valence-electron chi connectivity index (χ0n) is 21.9. The number of rotatable bonds is 13. The fraction of sp³-hybridized carbons (Fsp3) is 0.538. The highest BCUT2D eigenvalue weighted by molar-refractivity contribution is 5.98. The number of para-hydroxylation sites is 1. The van der Waals surface area contributed by atoms with Crippen molar-refractivity contribution in [3.63, 3.8) is 0 Å². The quantitative estimate of drug-likeness (QED) is 0.158. The number of likely N-dealkylation sites (tertiary alicyclic amines) is 1. The van der Waals surface area contributed by atoms with Gasteiger partial charge in [0.1, 0.15) is 12.2 Å². The summed E-state index contributed by atoms with van der Waals surface area (Å²) in [5.74, 6) is -0.584. The van der Waals surface area contributed by atoms with Crippen molar-refractivity contribution in [2.24, 2.45) is 0 Å². The monoisotopic (exact) mass is 517 g/mol. The number of fused-ring (bicyclic) bond motifs is 1. The van der Waals surface area contributed by atoms with Gasteiger partial charge in [-0.25, -0.2) is 4.98 Å². The maximum Gasteiger partial charge on any atom is 0.278 e.